The van der Waals surface area contributed by atoms with E-state index >= 15 is 0 Å². The van der Waals surface area contributed by atoms with Gasteiger partial charge in [0.25, 0.3) is 0 Å². The van der Waals surface area contributed by atoms with Crippen LogP contribution in [0.4, 0.5) is 10.5 Å². The summed E-state index contributed by atoms with van der Waals surface area (Å²) in [4.78, 5) is 18.1. The number of amides is 1. The van der Waals surface area contributed by atoms with Crippen molar-refractivity contribution in [1.29, 1.82) is 0 Å². The van der Waals surface area contributed by atoms with E-state index < -0.39 is 15.4 Å². The zero-order valence-corrected chi connectivity index (χ0v) is 21.4. The number of nitrogens with zero attached hydrogens (tertiary/aromatic N) is 2. The molecule has 0 aliphatic carbocycles. The van der Waals surface area contributed by atoms with Gasteiger partial charge >= 0.3 is 6.09 Å². The van der Waals surface area contributed by atoms with Gasteiger partial charge in [0.15, 0.2) is 14.9 Å². The minimum absolute atomic E-state index is 0.0802. The van der Waals surface area contributed by atoms with Crippen molar-refractivity contribution in [1.82, 2.24) is 9.88 Å². The molecule has 9 heteroatoms. The van der Waals surface area contributed by atoms with Gasteiger partial charge < -0.3 is 19.7 Å². The van der Waals surface area contributed by atoms with Gasteiger partial charge in [-0.1, -0.05) is 12.1 Å². The van der Waals surface area contributed by atoms with Crippen LogP contribution in [0.15, 0.2) is 41.4 Å². The number of rotatable bonds is 7. The van der Waals surface area contributed by atoms with E-state index in [-0.39, 0.29) is 17.2 Å². The molecular weight excluding hydrogens is 454 g/mol. The van der Waals surface area contributed by atoms with E-state index in [2.05, 4.69) is 10.3 Å². The Kier molecular flexibility index (Phi) is 8.07. The average Bonchev–Trinajstić information content (AvgIpc) is 2.74. The molecule has 0 radical (unpaired) electrons. The van der Waals surface area contributed by atoms with Crippen LogP contribution in [-0.2, 0) is 21.0 Å². The molecule has 1 aliphatic heterocycles. The second kappa shape index (κ2) is 10.6. The standard InChI is InChI=1S/C25H35N3O5S/c1-18-22(10-11-23(27-18)34(5,30)31)26-15-12-19-6-8-20(9-7-19)32-21-13-16-28(17-14-21)24(29)33-25(2,3)4/h6-11,21,26H,12-17H2,1-5H3. The first-order valence-electron chi connectivity index (χ1n) is 11.6. The highest BCUT2D eigenvalue weighted by Gasteiger charge is 2.27. The van der Waals surface area contributed by atoms with Crippen molar-refractivity contribution in [2.24, 2.45) is 0 Å². The number of nitrogens with one attached hydrogen (secondary N) is 1. The van der Waals surface area contributed by atoms with Crippen molar-refractivity contribution >= 4 is 21.6 Å². The topological polar surface area (TPSA) is 97.8 Å². The van der Waals surface area contributed by atoms with Gasteiger partial charge in [-0.2, -0.15) is 0 Å². The van der Waals surface area contributed by atoms with E-state index in [4.69, 9.17) is 9.47 Å². The van der Waals surface area contributed by atoms with Crippen LogP contribution in [0.1, 0.15) is 44.9 Å². The maximum atomic E-state index is 12.2. The lowest BCUT2D eigenvalue weighted by Gasteiger charge is -2.33. The van der Waals surface area contributed by atoms with Crippen LogP contribution in [-0.4, -0.2) is 62.0 Å². The lowest BCUT2D eigenvalue weighted by Crippen LogP contribution is -2.44. The van der Waals surface area contributed by atoms with Gasteiger partial charge in [-0.15, -0.1) is 0 Å². The smallest absolute Gasteiger partial charge is 0.410 e. The summed E-state index contributed by atoms with van der Waals surface area (Å²) in [6, 6.07) is 11.3. The molecular formula is C25H35N3O5S. The number of carbonyl (C=O) groups is 1. The molecule has 0 spiro atoms. The Morgan fingerprint density at radius 2 is 1.76 bits per heavy atom. The molecule has 1 aromatic carbocycles. The number of ether oxygens (including phenoxy) is 2. The van der Waals surface area contributed by atoms with E-state index in [1.807, 2.05) is 45.0 Å². The van der Waals surface area contributed by atoms with Crippen molar-refractivity contribution in [2.45, 2.75) is 63.7 Å². The zero-order valence-electron chi connectivity index (χ0n) is 20.6. The van der Waals surface area contributed by atoms with E-state index in [1.165, 1.54) is 6.07 Å². The number of benzene rings is 1. The fourth-order valence-electron chi connectivity index (χ4n) is 3.68. The van der Waals surface area contributed by atoms with Gasteiger partial charge in [0, 0.05) is 38.7 Å². The quantitative estimate of drug-likeness (QED) is 0.622. The molecule has 3 rings (SSSR count). The molecule has 186 valence electrons. The number of sulfone groups is 1. The van der Waals surface area contributed by atoms with E-state index in [1.54, 1.807) is 17.9 Å². The van der Waals surface area contributed by atoms with Crippen LogP contribution in [0.3, 0.4) is 0 Å². The Labute approximate surface area is 202 Å². The number of piperidine rings is 1. The number of aryl methyl sites for hydroxylation is 1. The normalized spacial score (nSPS) is 15.1. The third-order valence-electron chi connectivity index (χ3n) is 5.49. The Hall–Kier alpha value is -2.81. The predicted molar refractivity (Wildman–Crippen MR) is 132 cm³/mol. The molecule has 34 heavy (non-hydrogen) atoms. The molecule has 8 nitrogen and oxygen atoms in total. The maximum Gasteiger partial charge on any atom is 0.410 e. The van der Waals surface area contributed by atoms with E-state index in [0.717, 1.165) is 42.5 Å². The summed E-state index contributed by atoms with van der Waals surface area (Å²) in [6.07, 6.45) is 3.33. The molecule has 0 bridgehead atoms. The largest absolute Gasteiger partial charge is 0.490 e. The van der Waals surface area contributed by atoms with Gasteiger partial charge in [-0.05, 0) is 63.9 Å². The average molecular weight is 490 g/mol. The minimum Gasteiger partial charge on any atom is -0.490 e. The number of aromatic nitrogens is 1. The molecule has 1 N–H and O–H groups in total. The summed E-state index contributed by atoms with van der Waals surface area (Å²) in [6.45, 7) is 9.36. The highest BCUT2D eigenvalue weighted by atomic mass is 32.2. The number of anilines is 1. The molecule has 2 aromatic rings. The predicted octanol–water partition coefficient (Wildman–Crippen LogP) is 4.23. The van der Waals surface area contributed by atoms with Crippen molar-refractivity contribution in [2.75, 3.05) is 31.2 Å². The zero-order chi connectivity index (χ0) is 24.9. The van der Waals surface area contributed by atoms with Gasteiger partial charge in [-0.25, -0.2) is 18.2 Å². The first kappa shape index (κ1) is 25.8. The van der Waals surface area contributed by atoms with Crippen molar-refractivity contribution in [3.8, 4) is 5.75 Å². The summed E-state index contributed by atoms with van der Waals surface area (Å²) >= 11 is 0. The highest BCUT2D eigenvalue weighted by molar-refractivity contribution is 7.90. The first-order valence-corrected chi connectivity index (χ1v) is 13.4. The molecule has 1 fully saturated rings. The van der Waals surface area contributed by atoms with Crippen molar-refractivity contribution < 1.29 is 22.7 Å². The summed E-state index contributed by atoms with van der Waals surface area (Å²) in [5, 5.41) is 3.40. The van der Waals surface area contributed by atoms with E-state index in [9.17, 15) is 13.2 Å². The molecule has 0 saturated carbocycles. The van der Waals surface area contributed by atoms with Crippen molar-refractivity contribution in [3.63, 3.8) is 0 Å². The summed E-state index contributed by atoms with van der Waals surface area (Å²) in [5.41, 5.74) is 2.16. The Bertz CT molecular complexity index is 1090. The maximum absolute atomic E-state index is 12.2. The van der Waals surface area contributed by atoms with Gasteiger partial charge in [0.1, 0.15) is 17.5 Å². The number of hydrogen-bond donors (Lipinski definition) is 1. The Balaban J connectivity index is 1.43. The van der Waals surface area contributed by atoms with Crippen LogP contribution in [0.25, 0.3) is 0 Å². The lowest BCUT2D eigenvalue weighted by molar-refractivity contribution is 0.0126. The molecule has 0 atom stereocenters. The molecule has 0 unspecified atom stereocenters. The van der Waals surface area contributed by atoms with Crippen LogP contribution in [0.5, 0.6) is 5.75 Å². The Morgan fingerprint density at radius 1 is 1.12 bits per heavy atom. The molecule has 2 heterocycles. The minimum atomic E-state index is -3.31. The third kappa shape index (κ3) is 7.62. The van der Waals surface area contributed by atoms with E-state index in [0.29, 0.717) is 25.3 Å². The molecule has 1 aliphatic rings. The first-order chi connectivity index (χ1) is 15.9. The fourth-order valence-corrected chi connectivity index (χ4v) is 4.30. The van der Waals surface area contributed by atoms with Crippen LogP contribution < -0.4 is 10.1 Å². The number of likely N-dealkylation sites (tertiary alicyclic amines) is 1. The second-order valence-electron chi connectivity index (χ2n) is 9.66. The van der Waals surface area contributed by atoms with Crippen LogP contribution in [0, 0.1) is 6.92 Å². The third-order valence-corrected chi connectivity index (χ3v) is 6.48. The number of hydrogen-bond acceptors (Lipinski definition) is 7. The van der Waals surface area contributed by atoms with Crippen molar-refractivity contribution in [3.05, 3.63) is 47.7 Å². The van der Waals surface area contributed by atoms with Gasteiger partial charge in [-0.3, -0.25) is 0 Å². The molecule has 1 amide bonds. The highest BCUT2D eigenvalue weighted by Crippen LogP contribution is 2.22. The Morgan fingerprint density at radius 3 is 2.32 bits per heavy atom. The molecule has 1 saturated heterocycles. The van der Waals surface area contributed by atoms with Gasteiger partial charge in [0.2, 0.25) is 0 Å². The monoisotopic (exact) mass is 489 g/mol. The van der Waals surface area contributed by atoms with Crippen LogP contribution in [0.2, 0.25) is 0 Å². The molecule has 1 aromatic heterocycles. The van der Waals surface area contributed by atoms with Gasteiger partial charge in [0.05, 0.1) is 11.4 Å². The number of pyridine rings is 1. The summed E-state index contributed by atoms with van der Waals surface area (Å²) in [7, 11) is -3.31. The van der Waals surface area contributed by atoms with Crippen LogP contribution >= 0.6 is 0 Å². The second-order valence-corrected chi connectivity index (χ2v) is 11.6. The fraction of sp³-hybridized carbons (Fsp3) is 0.520. The summed E-state index contributed by atoms with van der Waals surface area (Å²) in [5.74, 6) is 0.823. The lowest BCUT2D eigenvalue weighted by atomic mass is 10.1. The SMILES string of the molecule is Cc1nc(S(C)(=O)=O)ccc1NCCc1ccc(OC2CCN(C(=O)OC(C)(C)C)CC2)cc1. The summed E-state index contributed by atoms with van der Waals surface area (Å²) < 4.78 is 34.8. The number of carbonyl (C=O) groups excluding carboxylic acids is 1.